The lowest BCUT2D eigenvalue weighted by Gasteiger charge is -2.28. The molecule has 0 atom stereocenters. The first-order chi connectivity index (χ1) is 19.0. The monoisotopic (exact) mass is 553 g/mol. The van der Waals surface area contributed by atoms with Gasteiger partial charge in [-0.15, -0.1) is 11.3 Å². The molecule has 3 rings (SSSR count). The van der Waals surface area contributed by atoms with Gasteiger partial charge in [-0.25, -0.2) is 4.79 Å². The lowest BCUT2D eigenvalue weighted by Crippen LogP contribution is -2.45. The van der Waals surface area contributed by atoms with E-state index in [0.29, 0.717) is 50.6 Å². The minimum atomic E-state index is -0.295. The van der Waals surface area contributed by atoms with Gasteiger partial charge in [-0.2, -0.15) is 0 Å². The molecule has 2 aromatic carbocycles. The summed E-state index contributed by atoms with van der Waals surface area (Å²) in [7, 11) is 4.84. The Bertz CT molecular complexity index is 1190. The Balaban J connectivity index is 1.75. The maximum atomic E-state index is 13.7. The van der Waals surface area contributed by atoms with Crippen molar-refractivity contribution in [2.75, 3.05) is 52.9 Å². The van der Waals surface area contributed by atoms with E-state index in [1.54, 1.807) is 37.6 Å². The molecule has 8 nitrogen and oxygen atoms in total. The number of hydrogen-bond acceptors (Lipinski definition) is 6. The zero-order valence-corrected chi connectivity index (χ0v) is 24.1. The zero-order chi connectivity index (χ0) is 28.0. The summed E-state index contributed by atoms with van der Waals surface area (Å²) >= 11 is 1.61. The van der Waals surface area contributed by atoms with Gasteiger partial charge in [0.15, 0.2) is 11.5 Å². The summed E-state index contributed by atoms with van der Waals surface area (Å²) in [4.78, 5) is 31.5. The molecule has 9 heteroatoms. The molecule has 0 spiro atoms. The van der Waals surface area contributed by atoms with Gasteiger partial charge in [-0.05, 0) is 60.0 Å². The highest BCUT2D eigenvalue weighted by molar-refractivity contribution is 7.09. The van der Waals surface area contributed by atoms with E-state index in [0.717, 1.165) is 28.1 Å². The van der Waals surface area contributed by atoms with Gasteiger partial charge in [-0.3, -0.25) is 4.79 Å². The van der Waals surface area contributed by atoms with Crippen molar-refractivity contribution in [1.82, 2.24) is 9.80 Å². The molecule has 39 heavy (non-hydrogen) atoms. The molecule has 1 aromatic heterocycles. The molecule has 3 amide bonds. The second-order valence-corrected chi connectivity index (χ2v) is 10.1. The Hall–Kier alpha value is -3.56. The number of ether oxygens (including phenoxy) is 3. The van der Waals surface area contributed by atoms with Crippen LogP contribution in [-0.4, -0.2) is 69.3 Å². The van der Waals surface area contributed by atoms with Crippen LogP contribution in [0.1, 0.15) is 29.3 Å². The van der Waals surface area contributed by atoms with Crippen LogP contribution in [0.25, 0.3) is 0 Å². The second-order valence-electron chi connectivity index (χ2n) is 9.04. The van der Waals surface area contributed by atoms with Crippen LogP contribution >= 0.6 is 11.3 Å². The lowest BCUT2D eigenvalue weighted by atomic mass is 10.1. The lowest BCUT2D eigenvalue weighted by molar-refractivity contribution is -0.132. The first-order valence-corrected chi connectivity index (χ1v) is 14.0. The number of amides is 3. The molecule has 0 fully saturated rings. The fraction of sp³-hybridized carbons (Fsp3) is 0.400. The Morgan fingerprint density at radius 1 is 0.923 bits per heavy atom. The normalized spacial score (nSPS) is 10.7. The number of benzene rings is 2. The fourth-order valence-corrected chi connectivity index (χ4v) is 4.96. The number of methoxy groups -OCH3 is 3. The first kappa shape index (κ1) is 30.0. The number of carbonyl (C=O) groups is 2. The van der Waals surface area contributed by atoms with Crippen molar-refractivity contribution in [3.63, 3.8) is 0 Å². The Morgan fingerprint density at radius 2 is 1.72 bits per heavy atom. The minimum Gasteiger partial charge on any atom is -0.493 e. The van der Waals surface area contributed by atoms with E-state index in [1.165, 1.54) is 0 Å². The Kier molecular flexibility index (Phi) is 12.1. The fourth-order valence-electron chi connectivity index (χ4n) is 4.24. The molecule has 1 N–H and O–H groups in total. The number of para-hydroxylation sites is 1. The van der Waals surface area contributed by atoms with Gasteiger partial charge in [0.1, 0.15) is 6.54 Å². The molecule has 3 aromatic rings. The molecular formula is C30H39N3O5S. The Labute approximate surface area is 235 Å². The highest BCUT2D eigenvalue weighted by Crippen LogP contribution is 2.28. The molecular weight excluding hydrogens is 514 g/mol. The third-order valence-corrected chi connectivity index (χ3v) is 7.29. The van der Waals surface area contributed by atoms with Crippen LogP contribution in [0, 0.1) is 0 Å². The van der Waals surface area contributed by atoms with Gasteiger partial charge in [-0.1, -0.05) is 37.3 Å². The summed E-state index contributed by atoms with van der Waals surface area (Å²) in [6.45, 7) is 3.91. The summed E-state index contributed by atoms with van der Waals surface area (Å²) in [5.41, 5.74) is 2.84. The number of urea groups is 1. The smallest absolute Gasteiger partial charge is 0.322 e. The Morgan fingerprint density at radius 3 is 2.41 bits per heavy atom. The SMILES string of the molecule is CCc1ccccc1NC(=O)N(CCCOC)CC(=O)N(CCc1ccc(OC)c(OC)c1)Cc1cccs1. The summed E-state index contributed by atoms with van der Waals surface area (Å²) in [5, 5.41) is 5.01. The summed E-state index contributed by atoms with van der Waals surface area (Å²) in [5.74, 6) is 1.20. The van der Waals surface area contributed by atoms with Crippen molar-refractivity contribution in [2.45, 2.75) is 32.7 Å². The first-order valence-electron chi connectivity index (χ1n) is 13.1. The number of nitrogens with zero attached hydrogens (tertiary/aromatic N) is 2. The van der Waals surface area contributed by atoms with Gasteiger partial charge in [0, 0.05) is 37.4 Å². The standard InChI is InChI=1S/C30H39N3O5S/c1-5-24-10-6-7-12-26(24)31-30(35)33(16-9-18-36-2)22-29(34)32(21-25-11-8-19-39-25)17-15-23-13-14-27(37-3)28(20-23)38-4/h6-8,10-14,19-20H,5,9,15-18,21-22H2,1-4H3,(H,31,35). The van der Waals surface area contributed by atoms with Crippen molar-refractivity contribution in [3.8, 4) is 11.5 Å². The largest absolute Gasteiger partial charge is 0.493 e. The van der Waals surface area contributed by atoms with Crippen LogP contribution in [-0.2, 0) is 28.9 Å². The number of carbonyl (C=O) groups excluding carboxylic acids is 2. The molecule has 0 aliphatic carbocycles. The van der Waals surface area contributed by atoms with Gasteiger partial charge in [0.2, 0.25) is 5.91 Å². The van der Waals surface area contributed by atoms with Crippen LogP contribution in [0.4, 0.5) is 10.5 Å². The van der Waals surface area contributed by atoms with E-state index in [1.807, 2.05) is 71.8 Å². The topological polar surface area (TPSA) is 80.3 Å². The van der Waals surface area contributed by atoms with Gasteiger partial charge in [0.05, 0.1) is 20.8 Å². The van der Waals surface area contributed by atoms with Crippen LogP contribution in [0.5, 0.6) is 11.5 Å². The second kappa shape index (κ2) is 15.8. The number of aryl methyl sites for hydroxylation is 1. The molecule has 210 valence electrons. The number of hydrogen-bond donors (Lipinski definition) is 1. The number of anilines is 1. The van der Waals surface area contributed by atoms with Gasteiger partial charge in [0.25, 0.3) is 0 Å². The summed E-state index contributed by atoms with van der Waals surface area (Å²) < 4.78 is 16.0. The third-order valence-electron chi connectivity index (χ3n) is 6.43. The average Bonchev–Trinajstić information content (AvgIpc) is 3.48. The maximum absolute atomic E-state index is 13.7. The highest BCUT2D eigenvalue weighted by Gasteiger charge is 2.22. The zero-order valence-electron chi connectivity index (χ0n) is 23.3. The number of nitrogens with one attached hydrogen (secondary N) is 1. The molecule has 0 bridgehead atoms. The quantitative estimate of drug-likeness (QED) is 0.253. The van der Waals surface area contributed by atoms with E-state index in [9.17, 15) is 9.59 Å². The van der Waals surface area contributed by atoms with E-state index in [4.69, 9.17) is 14.2 Å². The van der Waals surface area contributed by atoms with Crippen molar-refractivity contribution in [1.29, 1.82) is 0 Å². The van der Waals surface area contributed by atoms with Crippen molar-refractivity contribution in [2.24, 2.45) is 0 Å². The van der Waals surface area contributed by atoms with Crippen LogP contribution in [0.3, 0.4) is 0 Å². The molecule has 0 aliphatic heterocycles. The minimum absolute atomic E-state index is 0.0266. The molecule has 0 saturated heterocycles. The molecule has 1 heterocycles. The predicted molar refractivity (Wildman–Crippen MR) is 156 cm³/mol. The third kappa shape index (κ3) is 9.01. The molecule has 0 aliphatic rings. The van der Waals surface area contributed by atoms with Crippen molar-refractivity contribution < 1.29 is 23.8 Å². The summed E-state index contributed by atoms with van der Waals surface area (Å²) in [6, 6.07) is 17.2. The molecule has 0 unspecified atom stereocenters. The van der Waals surface area contributed by atoms with E-state index in [2.05, 4.69) is 5.32 Å². The summed E-state index contributed by atoms with van der Waals surface area (Å²) in [6.07, 6.45) is 2.06. The number of thiophene rings is 1. The predicted octanol–water partition coefficient (Wildman–Crippen LogP) is 5.47. The maximum Gasteiger partial charge on any atom is 0.322 e. The van der Waals surface area contributed by atoms with Crippen LogP contribution in [0.2, 0.25) is 0 Å². The highest BCUT2D eigenvalue weighted by atomic mass is 32.1. The van der Waals surface area contributed by atoms with Crippen LogP contribution in [0.15, 0.2) is 60.0 Å². The van der Waals surface area contributed by atoms with E-state index in [-0.39, 0.29) is 18.5 Å². The van der Waals surface area contributed by atoms with Gasteiger partial charge >= 0.3 is 6.03 Å². The van der Waals surface area contributed by atoms with E-state index < -0.39 is 0 Å². The molecule has 0 radical (unpaired) electrons. The van der Waals surface area contributed by atoms with Crippen LogP contribution < -0.4 is 14.8 Å². The number of rotatable bonds is 15. The van der Waals surface area contributed by atoms with Gasteiger partial charge < -0.3 is 29.3 Å². The van der Waals surface area contributed by atoms with Crippen molar-refractivity contribution >= 4 is 29.0 Å². The van der Waals surface area contributed by atoms with Crippen molar-refractivity contribution in [3.05, 3.63) is 76.0 Å². The average molecular weight is 554 g/mol. The van der Waals surface area contributed by atoms with E-state index >= 15 is 0 Å². The molecule has 0 saturated carbocycles.